The SMILES string of the molecule is OC1CC/C=C\[C@@H](OCc2ccccc2)[C@H](OCc2ccccc2)[C@H]1OCc1ccccc1. The van der Waals surface area contributed by atoms with Gasteiger partial charge < -0.3 is 19.3 Å². The third-order valence-electron chi connectivity index (χ3n) is 5.84. The van der Waals surface area contributed by atoms with Crippen LogP contribution in [0.2, 0.25) is 0 Å². The zero-order valence-electron chi connectivity index (χ0n) is 18.8. The number of rotatable bonds is 9. The summed E-state index contributed by atoms with van der Waals surface area (Å²) in [6.07, 6.45) is 3.56. The molecule has 1 aliphatic rings. The van der Waals surface area contributed by atoms with Crippen LogP contribution in [0.15, 0.2) is 103 Å². The molecule has 0 saturated carbocycles. The lowest BCUT2D eigenvalue weighted by molar-refractivity contribution is -0.171. The van der Waals surface area contributed by atoms with Crippen LogP contribution in [0.25, 0.3) is 0 Å². The van der Waals surface area contributed by atoms with Gasteiger partial charge in [-0.2, -0.15) is 0 Å². The Bertz CT molecular complexity index is 959. The molecule has 4 rings (SSSR count). The Morgan fingerprint density at radius 2 is 1.06 bits per heavy atom. The van der Waals surface area contributed by atoms with Gasteiger partial charge in [0.2, 0.25) is 0 Å². The first kappa shape index (κ1) is 23.4. The normalized spacial score (nSPS) is 24.0. The van der Waals surface area contributed by atoms with Crippen molar-refractivity contribution in [3.05, 3.63) is 120 Å². The van der Waals surface area contributed by atoms with Gasteiger partial charge in [0.05, 0.1) is 25.9 Å². The highest BCUT2D eigenvalue weighted by Crippen LogP contribution is 2.25. The summed E-state index contributed by atoms with van der Waals surface area (Å²) in [5.74, 6) is 0. The van der Waals surface area contributed by atoms with E-state index >= 15 is 0 Å². The Morgan fingerprint density at radius 3 is 1.58 bits per heavy atom. The summed E-state index contributed by atoms with van der Waals surface area (Å²) in [5.41, 5.74) is 3.23. The van der Waals surface area contributed by atoms with Gasteiger partial charge in [-0.15, -0.1) is 0 Å². The number of hydrogen-bond donors (Lipinski definition) is 1. The van der Waals surface area contributed by atoms with Crippen molar-refractivity contribution < 1.29 is 19.3 Å². The minimum Gasteiger partial charge on any atom is -0.390 e. The van der Waals surface area contributed by atoms with Crippen LogP contribution in [0, 0.1) is 0 Å². The summed E-state index contributed by atoms with van der Waals surface area (Å²) < 4.78 is 19.1. The molecular weight excluding hydrogens is 412 g/mol. The summed E-state index contributed by atoms with van der Waals surface area (Å²) in [7, 11) is 0. The molecule has 1 aliphatic carbocycles. The minimum atomic E-state index is -0.651. The van der Waals surface area contributed by atoms with Crippen molar-refractivity contribution >= 4 is 0 Å². The van der Waals surface area contributed by atoms with Crippen molar-refractivity contribution in [3.8, 4) is 0 Å². The number of ether oxygens (including phenoxy) is 3. The van der Waals surface area contributed by atoms with Crippen LogP contribution in [-0.2, 0) is 34.0 Å². The first-order valence-corrected chi connectivity index (χ1v) is 11.6. The maximum atomic E-state index is 11.0. The van der Waals surface area contributed by atoms with E-state index in [2.05, 4.69) is 12.2 Å². The lowest BCUT2D eigenvalue weighted by Gasteiger charge is -2.36. The van der Waals surface area contributed by atoms with E-state index < -0.39 is 18.3 Å². The van der Waals surface area contributed by atoms with Gasteiger partial charge in [0, 0.05) is 0 Å². The molecule has 0 bridgehead atoms. The molecule has 0 heterocycles. The molecule has 0 amide bonds. The highest BCUT2D eigenvalue weighted by Gasteiger charge is 2.36. The van der Waals surface area contributed by atoms with Gasteiger partial charge >= 0.3 is 0 Å². The smallest absolute Gasteiger partial charge is 0.116 e. The van der Waals surface area contributed by atoms with Crippen LogP contribution >= 0.6 is 0 Å². The largest absolute Gasteiger partial charge is 0.390 e. The van der Waals surface area contributed by atoms with Crippen molar-refractivity contribution in [3.63, 3.8) is 0 Å². The highest BCUT2D eigenvalue weighted by atomic mass is 16.6. The first-order chi connectivity index (χ1) is 16.3. The molecule has 0 fully saturated rings. The molecule has 0 saturated heterocycles. The van der Waals surface area contributed by atoms with Crippen molar-refractivity contribution in [2.45, 2.75) is 57.1 Å². The van der Waals surface area contributed by atoms with Gasteiger partial charge in [-0.3, -0.25) is 0 Å². The van der Waals surface area contributed by atoms with E-state index in [-0.39, 0.29) is 6.10 Å². The van der Waals surface area contributed by atoms with Crippen molar-refractivity contribution in [2.75, 3.05) is 0 Å². The fourth-order valence-corrected chi connectivity index (χ4v) is 4.02. The summed E-state index contributed by atoms with van der Waals surface area (Å²) >= 11 is 0. The quantitative estimate of drug-likeness (QED) is 0.446. The van der Waals surface area contributed by atoms with Crippen molar-refractivity contribution in [1.29, 1.82) is 0 Å². The molecule has 4 nitrogen and oxygen atoms in total. The topological polar surface area (TPSA) is 47.9 Å². The number of benzene rings is 3. The van der Waals surface area contributed by atoms with Gasteiger partial charge in [-0.25, -0.2) is 0 Å². The number of aliphatic hydroxyl groups is 1. The number of allylic oxidation sites excluding steroid dienone is 1. The zero-order valence-corrected chi connectivity index (χ0v) is 18.8. The van der Waals surface area contributed by atoms with Gasteiger partial charge in [0.15, 0.2) is 0 Å². The summed E-state index contributed by atoms with van der Waals surface area (Å²) in [5, 5.41) is 11.0. The minimum absolute atomic E-state index is 0.343. The summed E-state index contributed by atoms with van der Waals surface area (Å²) in [4.78, 5) is 0. The second kappa shape index (κ2) is 12.5. The molecule has 3 aromatic carbocycles. The van der Waals surface area contributed by atoms with Crippen LogP contribution in [0.3, 0.4) is 0 Å². The Balaban J connectivity index is 1.54. The average Bonchev–Trinajstić information content (AvgIpc) is 2.86. The second-order valence-electron chi connectivity index (χ2n) is 8.36. The number of aliphatic hydroxyl groups excluding tert-OH is 1. The van der Waals surface area contributed by atoms with Crippen LogP contribution in [-0.4, -0.2) is 29.5 Å². The van der Waals surface area contributed by atoms with Gasteiger partial charge in [-0.05, 0) is 29.5 Å². The maximum Gasteiger partial charge on any atom is 0.116 e. The molecule has 1 unspecified atom stereocenters. The predicted molar refractivity (Wildman–Crippen MR) is 129 cm³/mol. The van der Waals surface area contributed by atoms with Crippen molar-refractivity contribution in [2.24, 2.45) is 0 Å². The Kier molecular flexibility index (Phi) is 8.84. The van der Waals surface area contributed by atoms with Crippen LogP contribution in [0.5, 0.6) is 0 Å². The lowest BCUT2D eigenvalue weighted by atomic mass is 9.95. The number of hydrogen-bond acceptors (Lipinski definition) is 4. The molecule has 0 aliphatic heterocycles. The van der Waals surface area contributed by atoms with Gasteiger partial charge in [0.1, 0.15) is 18.3 Å². The second-order valence-corrected chi connectivity index (χ2v) is 8.36. The molecular formula is C29H32O4. The van der Waals surface area contributed by atoms with E-state index in [0.717, 1.165) is 23.1 Å². The average molecular weight is 445 g/mol. The lowest BCUT2D eigenvalue weighted by Crippen LogP contribution is -2.48. The summed E-state index contributed by atoms with van der Waals surface area (Å²) in [6, 6.07) is 30.2. The maximum absolute atomic E-state index is 11.0. The van der Waals surface area contributed by atoms with Crippen molar-refractivity contribution in [1.82, 2.24) is 0 Å². The zero-order chi connectivity index (χ0) is 22.7. The molecule has 0 aromatic heterocycles. The predicted octanol–water partition coefficient (Wildman–Crippen LogP) is 5.45. The fourth-order valence-electron chi connectivity index (χ4n) is 4.02. The van der Waals surface area contributed by atoms with E-state index in [1.807, 2.05) is 91.0 Å². The van der Waals surface area contributed by atoms with E-state index in [1.165, 1.54) is 0 Å². The first-order valence-electron chi connectivity index (χ1n) is 11.6. The Labute approximate surface area is 196 Å². The fraction of sp³-hybridized carbons (Fsp3) is 0.310. The molecule has 4 atom stereocenters. The molecule has 0 radical (unpaired) electrons. The molecule has 33 heavy (non-hydrogen) atoms. The van der Waals surface area contributed by atoms with E-state index in [0.29, 0.717) is 26.2 Å². The van der Waals surface area contributed by atoms with Gasteiger partial charge in [-0.1, -0.05) is 103 Å². The molecule has 4 heteroatoms. The standard InChI is InChI=1S/C29H32O4/c30-26-18-10-11-19-27(31-20-23-12-4-1-5-13-23)29(33-22-25-16-8-3-9-17-25)28(26)32-21-24-14-6-2-7-15-24/h1-9,11-17,19,26-30H,10,18,20-22H2/b19-11-/t26?,27-,28+,29+/m1/s1. The molecule has 1 N–H and O–H groups in total. The van der Waals surface area contributed by atoms with E-state index in [9.17, 15) is 5.11 Å². The molecule has 3 aromatic rings. The van der Waals surface area contributed by atoms with E-state index in [1.54, 1.807) is 0 Å². The van der Waals surface area contributed by atoms with Crippen LogP contribution in [0.4, 0.5) is 0 Å². The van der Waals surface area contributed by atoms with E-state index in [4.69, 9.17) is 14.2 Å². The van der Waals surface area contributed by atoms with Crippen LogP contribution < -0.4 is 0 Å². The third kappa shape index (κ3) is 7.11. The monoisotopic (exact) mass is 444 g/mol. The molecule has 172 valence electrons. The molecule has 0 spiro atoms. The van der Waals surface area contributed by atoms with Gasteiger partial charge in [0.25, 0.3) is 0 Å². The summed E-state index contributed by atoms with van der Waals surface area (Å²) in [6.45, 7) is 1.29. The Hall–Kier alpha value is -2.76. The Morgan fingerprint density at radius 1 is 0.606 bits per heavy atom. The highest BCUT2D eigenvalue weighted by molar-refractivity contribution is 5.16. The third-order valence-corrected chi connectivity index (χ3v) is 5.84. The van der Waals surface area contributed by atoms with Crippen LogP contribution in [0.1, 0.15) is 29.5 Å².